The maximum absolute atomic E-state index is 13.0. The Morgan fingerprint density at radius 2 is 2.25 bits per heavy atom. The Labute approximate surface area is 145 Å². The second-order valence-corrected chi connectivity index (χ2v) is 7.51. The molecule has 1 atom stereocenters. The zero-order valence-corrected chi connectivity index (χ0v) is 14.8. The van der Waals surface area contributed by atoms with Crippen LogP contribution in [-0.4, -0.2) is 59.7 Å². The minimum absolute atomic E-state index is 0.116. The van der Waals surface area contributed by atoms with E-state index in [2.05, 4.69) is 14.9 Å². The predicted octanol–water partition coefficient (Wildman–Crippen LogP) is 2.30. The second kappa shape index (κ2) is 6.29. The van der Waals surface area contributed by atoms with E-state index in [4.69, 9.17) is 4.74 Å². The van der Waals surface area contributed by atoms with Gasteiger partial charge < -0.3 is 14.5 Å². The Hall–Kier alpha value is -1.73. The molecule has 0 spiro atoms. The van der Waals surface area contributed by atoms with Gasteiger partial charge in [-0.05, 0) is 37.1 Å². The molecular weight excluding hydrogens is 324 g/mol. The van der Waals surface area contributed by atoms with E-state index in [9.17, 15) is 4.79 Å². The second-order valence-electron chi connectivity index (χ2n) is 6.62. The number of carbonyl (C=O) groups excluding carboxylic acids is 1. The molecule has 2 fully saturated rings. The van der Waals surface area contributed by atoms with Crippen molar-refractivity contribution in [2.24, 2.45) is 0 Å². The molecule has 3 heterocycles. The number of fused-ring (bicyclic) bond motifs is 1. The highest BCUT2D eigenvalue weighted by Gasteiger charge is 2.40. The van der Waals surface area contributed by atoms with Crippen LogP contribution in [0.4, 0.5) is 5.82 Å². The molecule has 0 bridgehead atoms. The van der Waals surface area contributed by atoms with Crippen LogP contribution in [0.25, 0.3) is 10.2 Å². The Kier molecular flexibility index (Phi) is 4.14. The lowest BCUT2D eigenvalue weighted by Crippen LogP contribution is -2.53. The van der Waals surface area contributed by atoms with Gasteiger partial charge in [-0.3, -0.25) is 4.79 Å². The summed E-state index contributed by atoms with van der Waals surface area (Å²) in [5.41, 5.74) is 0. The number of hydrogen-bond donors (Lipinski definition) is 0. The lowest BCUT2D eigenvalue weighted by atomic mass is 9.87. The van der Waals surface area contributed by atoms with Crippen LogP contribution in [0.15, 0.2) is 17.8 Å². The summed E-state index contributed by atoms with van der Waals surface area (Å²) in [4.78, 5) is 26.9. The molecule has 0 N–H and O–H groups in total. The van der Waals surface area contributed by atoms with Crippen LogP contribution in [0.3, 0.4) is 0 Å². The maximum Gasteiger partial charge on any atom is 0.245 e. The molecule has 1 aliphatic carbocycles. The Morgan fingerprint density at radius 3 is 3.04 bits per heavy atom. The summed E-state index contributed by atoms with van der Waals surface area (Å²) in [7, 11) is 3.66. The van der Waals surface area contributed by atoms with Gasteiger partial charge in [0.2, 0.25) is 5.91 Å². The molecule has 1 amide bonds. The first-order valence-corrected chi connectivity index (χ1v) is 9.31. The summed E-state index contributed by atoms with van der Waals surface area (Å²) in [5, 5.41) is 3.08. The topological polar surface area (TPSA) is 58.6 Å². The first-order chi connectivity index (χ1) is 11.7. The van der Waals surface area contributed by atoms with Crippen molar-refractivity contribution in [1.29, 1.82) is 0 Å². The minimum atomic E-state index is -0.116. The highest BCUT2D eigenvalue weighted by atomic mass is 32.1. The van der Waals surface area contributed by atoms with Gasteiger partial charge in [-0.25, -0.2) is 9.97 Å². The Bertz CT molecular complexity index is 743. The summed E-state index contributed by atoms with van der Waals surface area (Å²) in [6.45, 7) is 0.873. The van der Waals surface area contributed by atoms with Gasteiger partial charge in [0.15, 0.2) is 0 Å². The van der Waals surface area contributed by atoms with Crippen LogP contribution < -0.4 is 4.90 Å². The number of aromatic nitrogens is 2. The van der Waals surface area contributed by atoms with Gasteiger partial charge in [0.1, 0.15) is 23.0 Å². The Morgan fingerprint density at radius 1 is 1.42 bits per heavy atom. The summed E-state index contributed by atoms with van der Waals surface area (Å²) < 4.78 is 5.34. The number of rotatable bonds is 4. The van der Waals surface area contributed by atoms with Gasteiger partial charge in [-0.1, -0.05) is 0 Å². The van der Waals surface area contributed by atoms with E-state index in [1.54, 1.807) is 24.8 Å². The number of carbonyl (C=O) groups is 1. The number of anilines is 1. The molecule has 0 radical (unpaired) electrons. The summed E-state index contributed by atoms with van der Waals surface area (Å²) in [5.74, 6) is 1.10. The van der Waals surface area contributed by atoms with Gasteiger partial charge in [0.05, 0.1) is 11.5 Å². The number of nitrogens with zero attached hydrogens (tertiary/aromatic N) is 4. The van der Waals surface area contributed by atoms with E-state index < -0.39 is 0 Å². The molecule has 2 aromatic heterocycles. The van der Waals surface area contributed by atoms with Crippen molar-refractivity contribution >= 4 is 33.3 Å². The summed E-state index contributed by atoms with van der Waals surface area (Å²) >= 11 is 1.61. The van der Waals surface area contributed by atoms with Gasteiger partial charge in [0.25, 0.3) is 0 Å². The number of likely N-dealkylation sites (N-methyl/N-ethyl adjacent to an activating group) is 1. The van der Waals surface area contributed by atoms with Gasteiger partial charge in [0, 0.05) is 26.7 Å². The van der Waals surface area contributed by atoms with Crippen LogP contribution in [0.1, 0.15) is 25.7 Å². The zero-order valence-electron chi connectivity index (χ0n) is 14.0. The van der Waals surface area contributed by atoms with E-state index in [1.165, 1.54) is 0 Å². The highest BCUT2D eigenvalue weighted by molar-refractivity contribution is 7.16. The lowest BCUT2D eigenvalue weighted by Gasteiger charge is -2.42. The fourth-order valence-electron chi connectivity index (χ4n) is 3.74. The molecule has 4 rings (SSSR count). The third-order valence-electron chi connectivity index (χ3n) is 5.35. The molecule has 128 valence electrons. The number of amides is 1. The van der Waals surface area contributed by atoms with Gasteiger partial charge >= 0.3 is 0 Å². The fraction of sp³-hybridized carbons (Fsp3) is 0.588. The molecule has 2 aromatic rings. The normalized spacial score (nSPS) is 26.6. The molecule has 0 aromatic carbocycles. The molecule has 2 aliphatic rings. The molecule has 1 unspecified atom stereocenters. The van der Waals surface area contributed by atoms with E-state index in [0.29, 0.717) is 12.1 Å². The maximum atomic E-state index is 13.0. The molecule has 1 saturated carbocycles. The van der Waals surface area contributed by atoms with Crippen LogP contribution in [-0.2, 0) is 9.53 Å². The fourth-order valence-corrected chi connectivity index (χ4v) is 4.47. The number of hydrogen-bond acceptors (Lipinski definition) is 6. The van der Waals surface area contributed by atoms with E-state index in [-0.39, 0.29) is 11.9 Å². The third kappa shape index (κ3) is 2.56. The summed E-state index contributed by atoms with van der Waals surface area (Å²) in [6.07, 6.45) is 5.69. The highest BCUT2D eigenvalue weighted by Crippen LogP contribution is 2.34. The Balaban J connectivity index is 1.54. The lowest BCUT2D eigenvalue weighted by molar-refractivity contribution is -0.137. The van der Waals surface area contributed by atoms with Gasteiger partial charge in [-0.15, -0.1) is 11.3 Å². The van der Waals surface area contributed by atoms with E-state index in [0.717, 1.165) is 48.3 Å². The average Bonchev–Trinajstić information content (AvgIpc) is 3.21. The van der Waals surface area contributed by atoms with Crippen molar-refractivity contribution in [2.75, 3.05) is 25.6 Å². The largest absolute Gasteiger partial charge is 0.381 e. The van der Waals surface area contributed by atoms with Crippen LogP contribution in [0.5, 0.6) is 0 Å². The average molecular weight is 346 g/mol. The first kappa shape index (κ1) is 15.8. The molecule has 7 heteroatoms. The monoisotopic (exact) mass is 346 g/mol. The third-order valence-corrected chi connectivity index (χ3v) is 6.17. The molecule has 1 saturated heterocycles. The predicted molar refractivity (Wildman–Crippen MR) is 94.4 cm³/mol. The van der Waals surface area contributed by atoms with Gasteiger partial charge in [-0.2, -0.15) is 0 Å². The molecule has 6 nitrogen and oxygen atoms in total. The van der Waals surface area contributed by atoms with Crippen molar-refractivity contribution in [3.63, 3.8) is 0 Å². The standard InChI is InChI=1S/C17H22N4O2S/c1-20(11-8-12(9-11)23-2)17(22)14-4-3-6-21(14)15-13-5-7-24-16(13)19-10-18-15/h5,7,10-12,14H,3-4,6,8-9H2,1-2H3. The van der Waals surface area contributed by atoms with Crippen molar-refractivity contribution in [3.05, 3.63) is 17.8 Å². The number of ether oxygens (including phenoxy) is 1. The van der Waals surface area contributed by atoms with E-state index >= 15 is 0 Å². The van der Waals surface area contributed by atoms with Crippen molar-refractivity contribution in [3.8, 4) is 0 Å². The van der Waals surface area contributed by atoms with Crippen LogP contribution >= 0.6 is 11.3 Å². The molecule has 1 aliphatic heterocycles. The quantitative estimate of drug-likeness (QED) is 0.850. The SMILES string of the molecule is COC1CC(N(C)C(=O)C2CCCN2c2ncnc3sccc23)C1. The van der Waals surface area contributed by atoms with Crippen molar-refractivity contribution < 1.29 is 9.53 Å². The van der Waals surface area contributed by atoms with Crippen LogP contribution in [0.2, 0.25) is 0 Å². The molecule has 24 heavy (non-hydrogen) atoms. The molecular formula is C17H22N4O2S. The smallest absolute Gasteiger partial charge is 0.245 e. The number of methoxy groups -OCH3 is 1. The zero-order chi connectivity index (χ0) is 16.7. The van der Waals surface area contributed by atoms with Crippen LogP contribution in [0, 0.1) is 0 Å². The first-order valence-electron chi connectivity index (χ1n) is 8.43. The van der Waals surface area contributed by atoms with Crippen molar-refractivity contribution in [2.45, 2.75) is 43.9 Å². The number of thiophene rings is 1. The van der Waals surface area contributed by atoms with E-state index in [1.807, 2.05) is 23.4 Å². The minimum Gasteiger partial charge on any atom is -0.381 e. The summed E-state index contributed by atoms with van der Waals surface area (Å²) in [6, 6.07) is 2.24. The van der Waals surface area contributed by atoms with Crippen molar-refractivity contribution in [1.82, 2.24) is 14.9 Å².